The van der Waals surface area contributed by atoms with Gasteiger partial charge >= 0.3 is 0 Å². The number of rotatable bonds is 6. The molecule has 33 heavy (non-hydrogen) atoms. The SMILES string of the molecule is CC(=O)Nc1sc(C(C#N)=Cc2cccc(Oc3ccccc3)c2)nc1-c1ccc(C)cc1. The highest BCUT2D eigenvalue weighted by Gasteiger charge is 2.17. The fourth-order valence-corrected chi connectivity index (χ4v) is 4.19. The van der Waals surface area contributed by atoms with Gasteiger partial charge in [0.05, 0.1) is 5.57 Å². The van der Waals surface area contributed by atoms with Crippen molar-refractivity contribution < 1.29 is 9.53 Å². The minimum absolute atomic E-state index is 0.188. The first-order valence-corrected chi connectivity index (χ1v) is 11.1. The molecule has 0 saturated heterocycles. The number of amides is 1. The number of para-hydroxylation sites is 1. The number of carbonyl (C=O) groups excluding carboxylic acids is 1. The van der Waals surface area contributed by atoms with E-state index in [9.17, 15) is 10.1 Å². The highest BCUT2D eigenvalue weighted by molar-refractivity contribution is 7.17. The van der Waals surface area contributed by atoms with Crippen LogP contribution >= 0.6 is 11.3 Å². The molecular formula is C27H21N3O2S. The minimum Gasteiger partial charge on any atom is -0.457 e. The maximum Gasteiger partial charge on any atom is 0.221 e. The second-order valence-electron chi connectivity index (χ2n) is 7.40. The summed E-state index contributed by atoms with van der Waals surface area (Å²) in [4.78, 5) is 16.5. The molecule has 1 N–H and O–H groups in total. The third-order valence-corrected chi connectivity index (χ3v) is 5.74. The van der Waals surface area contributed by atoms with Crippen molar-refractivity contribution in [1.82, 2.24) is 4.98 Å². The van der Waals surface area contributed by atoms with E-state index < -0.39 is 0 Å². The lowest BCUT2D eigenvalue weighted by atomic mass is 10.1. The van der Waals surface area contributed by atoms with Crippen LogP contribution in [0.25, 0.3) is 22.9 Å². The van der Waals surface area contributed by atoms with E-state index in [0.717, 1.165) is 22.4 Å². The zero-order valence-corrected chi connectivity index (χ0v) is 19.0. The number of anilines is 1. The molecule has 0 aliphatic heterocycles. The van der Waals surface area contributed by atoms with Crippen molar-refractivity contribution in [3.8, 4) is 28.8 Å². The number of hydrogen-bond acceptors (Lipinski definition) is 5. The summed E-state index contributed by atoms with van der Waals surface area (Å²) >= 11 is 1.28. The van der Waals surface area contributed by atoms with Crippen LogP contribution in [0, 0.1) is 18.3 Å². The van der Waals surface area contributed by atoms with Crippen LogP contribution in [0.3, 0.4) is 0 Å². The molecule has 1 heterocycles. The number of nitrogens with zero attached hydrogens (tertiary/aromatic N) is 2. The molecule has 162 valence electrons. The first-order chi connectivity index (χ1) is 16.0. The molecule has 0 spiro atoms. The van der Waals surface area contributed by atoms with Gasteiger partial charge in [-0.3, -0.25) is 4.79 Å². The summed E-state index contributed by atoms with van der Waals surface area (Å²) in [6, 6.07) is 27.2. The molecule has 0 atom stereocenters. The molecule has 0 radical (unpaired) electrons. The Kier molecular flexibility index (Phi) is 6.63. The smallest absolute Gasteiger partial charge is 0.221 e. The van der Waals surface area contributed by atoms with Crippen LogP contribution in [0.5, 0.6) is 11.5 Å². The zero-order chi connectivity index (χ0) is 23.2. The first kappa shape index (κ1) is 22.0. The average Bonchev–Trinajstić information content (AvgIpc) is 3.21. The van der Waals surface area contributed by atoms with Crippen molar-refractivity contribution in [2.75, 3.05) is 5.32 Å². The fraction of sp³-hybridized carbons (Fsp3) is 0.0741. The Morgan fingerprint density at radius 2 is 1.76 bits per heavy atom. The molecule has 4 aromatic rings. The summed E-state index contributed by atoms with van der Waals surface area (Å²) in [7, 11) is 0. The number of carbonyl (C=O) groups is 1. The van der Waals surface area contributed by atoms with E-state index in [4.69, 9.17) is 9.72 Å². The maximum atomic E-state index is 11.8. The number of benzene rings is 3. The van der Waals surface area contributed by atoms with Gasteiger partial charge in [0.2, 0.25) is 5.91 Å². The lowest BCUT2D eigenvalue weighted by molar-refractivity contribution is -0.114. The lowest BCUT2D eigenvalue weighted by Gasteiger charge is -2.06. The number of aryl methyl sites for hydroxylation is 1. The van der Waals surface area contributed by atoms with Gasteiger partial charge in [0.1, 0.15) is 33.3 Å². The fourth-order valence-electron chi connectivity index (χ4n) is 3.19. The van der Waals surface area contributed by atoms with Crippen molar-refractivity contribution in [2.24, 2.45) is 0 Å². The highest BCUT2D eigenvalue weighted by Crippen LogP contribution is 2.37. The Balaban J connectivity index is 1.68. The molecule has 5 nitrogen and oxygen atoms in total. The predicted octanol–water partition coefficient (Wildman–Crippen LogP) is 6.93. The Hall–Kier alpha value is -4.21. The van der Waals surface area contributed by atoms with Gasteiger partial charge in [0.15, 0.2) is 0 Å². The third kappa shape index (κ3) is 5.53. The van der Waals surface area contributed by atoms with Crippen LogP contribution in [-0.2, 0) is 4.79 Å². The number of allylic oxidation sites excluding steroid dienone is 1. The Morgan fingerprint density at radius 1 is 1.03 bits per heavy atom. The first-order valence-electron chi connectivity index (χ1n) is 10.3. The van der Waals surface area contributed by atoms with Crippen LogP contribution < -0.4 is 10.1 Å². The van der Waals surface area contributed by atoms with E-state index in [1.807, 2.05) is 85.8 Å². The summed E-state index contributed by atoms with van der Waals surface area (Å²) in [6.07, 6.45) is 1.77. The zero-order valence-electron chi connectivity index (χ0n) is 18.2. The number of ether oxygens (including phenoxy) is 1. The monoisotopic (exact) mass is 451 g/mol. The molecule has 0 saturated carbocycles. The van der Waals surface area contributed by atoms with E-state index in [-0.39, 0.29) is 5.91 Å². The number of nitrogens with one attached hydrogen (secondary N) is 1. The predicted molar refractivity (Wildman–Crippen MR) is 133 cm³/mol. The summed E-state index contributed by atoms with van der Waals surface area (Å²) in [5.74, 6) is 1.22. The normalized spacial score (nSPS) is 11.0. The largest absolute Gasteiger partial charge is 0.457 e. The van der Waals surface area contributed by atoms with Gasteiger partial charge in [0.25, 0.3) is 0 Å². The van der Waals surface area contributed by atoms with Crippen molar-refractivity contribution in [3.05, 3.63) is 95.0 Å². The molecule has 0 unspecified atom stereocenters. The molecule has 0 bridgehead atoms. The Morgan fingerprint density at radius 3 is 2.45 bits per heavy atom. The Bertz CT molecular complexity index is 1350. The second-order valence-corrected chi connectivity index (χ2v) is 8.40. The van der Waals surface area contributed by atoms with Gasteiger partial charge in [-0.1, -0.05) is 71.5 Å². The highest BCUT2D eigenvalue weighted by atomic mass is 32.1. The number of aromatic nitrogens is 1. The van der Waals surface area contributed by atoms with Crippen LogP contribution in [0.15, 0.2) is 78.9 Å². The molecule has 3 aromatic carbocycles. The molecule has 0 fully saturated rings. The van der Waals surface area contributed by atoms with Crippen molar-refractivity contribution in [1.29, 1.82) is 5.26 Å². The summed E-state index contributed by atoms with van der Waals surface area (Å²) < 4.78 is 5.90. The topological polar surface area (TPSA) is 75.0 Å². The second kappa shape index (κ2) is 9.94. The summed E-state index contributed by atoms with van der Waals surface area (Å²) in [5, 5.41) is 13.9. The molecule has 0 aliphatic carbocycles. The lowest BCUT2D eigenvalue weighted by Crippen LogP contribution is -2.05. The van der Waals surface area contributed by atoms with E-state index in [2.05, 4.69) is 11.4 Å². The van der Waals surface area contributed by atoms with Gasteiger partial charge in [-0.05, 0) is 42.8 Å². The van der Waals surface area contributed by atoms with Crippen molar-refractivity contribution in [3.63, 3.8) is 0 Å². The third-order valence-electron chi connectivity index (χ3n) is 4.74. The average molecular weight is 452 g/mol. The quantitative estimate of drug-likeness (QED) is 0.322. The van der Waals surface area contributed by atoms with Crippen LogP contribution in [0.4, 0.5) is 5.00 Å². The van der Waals surface area contributed by atoms with Gasteiger partial charge in [-0.15, -0.1) is 0 Å². The standard InChI is InChI=1S/C27H21N3O2S/c1-18-11-13-21(14-12-18)25-27(29-19(2)31)33-26(30-25)22(17-28)15-20-7-6-10-24(16-20)32-23-8-4-3-5-9-23/h3-16H,1-2H3,(H,29,31). The number of hydrogen-bond donors (Lipinski definition) is 1. The minimum atomic E-state index is -0.188. The molecule has 0 aliphatic rings. The van der Waals surface area contributed by atoms with Crippen molar-refractivity contribution in [2.45, 2.75) is 13.8 Å². The molecule has 1 amide bonds. The number of nitriles is 1. The van der Waals surface area contributed by atoms with Crippen molar-refractivity contribution >= 4 is 33.9 Å². The molecule has 1 aromatic heterocycles. The Labute approximate surface area is 196 Å². The van der Waals surface area contributed by atoms with Crippen LogP contribution in [-0.4, -0.2) is 10.9 Å². The van der Waals surface area contributed by atoms with Gasteiger partial charge in [-0.2, -0.15) is 5.26 Å². The molecule has 6 heteroatoms. The maximum absolute atomic E-state index is 11.8. The van der Waals surface area contributed by atoms with Gasteiger partial charge in [0, 0.05) is 12.5 Å². The van der Waals surface area contributed by atoms with Gasteiger partial charge < -0.3 is 10.1 Å². The summed E-state index contributed by atoms with van der Waals surface area (Å²) in [6.45, 7) is 3.47. The number of thiazole rings is 1. The van der Waals surface area contributed by atoms with Crippen LogP contribution in [0.1, 0.15) is 23.1 Å². The molecular weight excluding hydrogens is 430 g/mol. The van der Waals surface area contributed by atoms with E-state index in [1.54, 1.807) is 6.08 Å². The van der Waals surface area contributed by atoms with E-state index >= 15 is 0 Å². The summed E-state index contributed by atoms with van der Waals surface area (Å²) in [5.41, 5.74) is 3.87. The van der Waals surface area contributed by atoms with E-state index in [1.165, 1.54) is 18.3 Å². The van der Waals surface area contributed by atoms with E-state index in [0.29, 0.717) is 27.0 Å². The van der Waals surface area contributed by atoms with Crippen LogP contribution in [0.2, 0.25) is 0 Å². The van der Waals surface area contributed by atoms with Gasteiger partial charge in [-0.25, -0.2) is 4.98 Å². The molecule has 4 rings (SSSR count).